The molecule has 4 atom stereocenters. The molecule has 0 spiro atoms. The van der Waals surface area contributed by atoms with Crippen molar-refractivity contribution in [3.63, 3.8) is 0 Å². The van der Waals surface area contributed by atoms with Crippen LogP contribution in [0.2, 0.25) is 5.02 Å². The fraction of sp³-hybridized carbons (Fsp3) is 0.480. The van der Waals surface area contributed by atoms with Gasteiger partial charge in [0, 0.05) is 16.5 Å². The average molecular weight is 445 g/mol. The highest BCUT2D eigenvalue weighted by atomic mass is 35.5. The van der Waals surface area contributed by atoms with Crippen LogP contribution >= 0.6 is 11.6 Å². The summed E-state index contributed by atoms with van der Waals surface area (Å²) in [5, 5.41) is 10.5. The second-order valence-corrected chi connectivity index (χ2v) is 9.74. The summed E-state index contributed by atoms with van der Waals surface area (Å²) in [7, 11) is 0. The van der Waals surface area contributed by atoms with Crippen molar-refractivity contribution in [3.8, 4) is 11.5 Å². The van der Waals surface area contributed by atoms with Crippen molar-refractivity contribution in [1.82, 2.24) is 0 Å². The number of halogens is 1. The molecule has 4 rings (SSSR count). The second-order valence-electron chi connectivity index (χ2n) is 9.30. The Morgan fingerprint density at radius 1 is 1.23 bits per heavy atom. The lowest BCUT2D eigenvalue weighted by atomic mass is 9.71. The van der Waals surface area contributed by atoms with Crippen LogP contribution in [0.4, 0.5) is 0 Å². The number of carboxylic acids is 1. The third-order valence-corrected chi connectivity index (χ3v) is 6.71. The van der Waals surface area contributed by atoms with Gasteiger partial charge in [0.2, 0.25) is 0 Å². The standard InChI is InChI=1S/C25H29ClO5/c1-14(2)15-5-10-21-18(11-15)23-20(25(3,4)31-21)12-19(24(27)28)22(30-23)13-29-17-8-6-16(26)7-9-17/h5-11,14,19-20,22-23H,12-13H2,1-4H3,(H,27,28)/t19-,20+,22+,23-/m1/s1. The number of ether oxygens (including phenoxy) is 3. The first-order valence-electron chi connectivity index (χ1n) is 10.7. The Labute approximate surface area is 188 Å². The van der Waals surface area contributed by atoms with Gasteiger partial charge in [0.1, 0.15) is 29.8 Å². The highest BCUT2D eigenvalue weighted by molar-refractivity contribution is 6.30. The topological polar surface area (TPSA) is 65.0 Å². The smallest absolute Gasteiger partial charge is 0.309 e. The number of fused-ring (bicyclic) bond motifs is 3. The second kappa shape index (κ2) is 8.36. The van der Waals surface area contributed by atoms with Crippen LogP contribution in [0.1, 0.15) is 57.3 Å². The average Bonchev–Trinajstić information content (AvgIpc) is 2.72. The summed E-state index contributed by atoms with van der Waals surface area (Å²) in [6.07, 6.45) is -0.349. The van der Waals surface area contributed by atoms with Crippen molar-refractivity contribution >= 4 is 17.6 Å². The van der Waals surface area contributed by atoms with Crippen LogP contribution in [0.3, 0.4) is 0 Å². The lowest BCUT2D eigenvalue weighted by Crippen LogP contribution is -2.53. The fourth-order valence-corrected chi connectivity index (χ4v) is 4.72. The molecule has 31 heavy (non-hydrogen) atoms. The Hall–Kier alpha value is -2.24. The van der Waals surface area contributed by atoms with E-state index in [0.717, 1.165) is 11.3 Å². The van der Waals surface area contributed by atoms with Crippen molar-refractivity contribution in [2.75, 3.05) is 6.61 Å². The first-order chi connectivity index (χ1) is 14.7. The van der Waals surface area contributed by atoms with Gasteiger partial charge in [-0.05, 0) is 68.1 Å². The third kappa shape index (κ3) is 4.39. The number of benzene rings is 2. The Bertz CT molecular complexity index is 953. The zero-order chi connectivity index (χ0) is 22.3. The Kier molecular flexibility index (Phi) is 5.93. The quantitative estimate of drug-likeness (QED) is 0.625. The van der Waals surface area contributed by atoms with Crippen LogP contribution in [-0.2, 0) is 9.53 Å². The molecule has 0 unspecified atom stereocenters. The summed E-state index contributed by atoms with van der Waals surface area (Å²) >= 11 is 5.94. The van der Waals surface area contributed by atoms with Gasteiger partial charge in [-0.25, -0.2) is 0 Å². The lowest BCUT2D eigenvalue weighted by molar-refractivity contribution is -0.192. The normalized spacial score (nSPS) is 26.5. The Morgan fingerprint density at radius 3 is 2.58 bits per heavy atom. The monoisotopic (exact) mass is 444 g/mol. The van der Waals surface area contributed by atoms with Gasteiger partial charge in [-0.3, -0.25) is 4.79 Å². The van der Waals surface area contributed by atoms with Crippen LogP contribution < -0.4 is 9.47 Å². The van der Waals surface area contributed by atoms with Crippen molar-refractivity contribution in [1.29, 1.82) is 0 Å². The summed E-state index contributed by atoms with van der Waals surface area (Å²) in [5.74, 6) is 0.191. The van der Waals surface area contributed by atoms with Gasteiger partial charge >= 0.3 is 5.97 Å². The minimum Gasteiger partial charge on any atom is -0.491 e. The highest BCUT2D eigenvalue weighted by Crippen LogP contribution is 2.52. The zero-order valence-electron chi connectivity index (χ0n) is 18.3. The molecule has 2 heterocycles. The van der Waals surface area contributed by atoms with E-state index >= 15 is 0 Å². The molecule has 0 aromatic heterocycles. The van der Waals surface area contributed by atoms with Crippen LogP contribution in [0.25, 0.3) is 0 Å². The zero-order valence-corrected chi connectivity index (χ0v) is 19.1. The predicted molar refractivity (Wildman–Crippen MR) is 119 cm³/mol. The number of rotatable bonds is 5. The number of carbonyl (C=O) groups is 1. The molecule has 0 amide bonds. The molecule has 0 radical (unpaired) electrons. The van der Waals surface area contributed by atoms with E-state index in [-0.39, 0.29) is 18.6 Å². The van der Waals surface area contributed by atoms with Crippen LogP contribution in [0.5, 0.6) is 11.5 Å². The molecule has 2 aliphatic heterocycles. The summed E-state index contributed by atoms with van der Waals surface area (Å²) in [6, 6.07) is 13.3. The van der Waals surface area contributed by atoms with E-state index < -0.39 is 23.6 Å². The number of carboxylic acid groups (broad SMARTS) is 1. The van der Waals surface area contributed by atoms with E-state index in [0.29, 0.717) is 23.1 Å². The molecule has 1 N–H and O–H groups in total. The molecule has 166 valence electrons. The summed E-state index contributed by atoms with van der Waals surface area (Å²) in [6.45, 7) is 8.48. The molecular formula is C25H29ClO5. The van der Waals surface area contributed by atoms with Gasteiger partial charge in [0.05, 0.1) is 12.0 Å². The van der Waals surface area contributed by atoms with Crippen molar-refractivity contribution in [3.05, 3.63) is 58.6 Å². The molecule has 6 heteroatoms. The Morgan fingerprint density at radius 2 is 1.94 bits per heavy atom. The maximum Gasteiger partial charge on any atom is 0.309 e. The molecule has 0 aliphatic carbocycles. The van der Waals surface area contributed by atoms with E-state index in [1.807, 2.05) is 19.9 Å². The molecule has 0 saturated carbocycles. The molecule has 2 aromatic carbocycles. The summed E-state index contributed by atoms with van der Waals surface area (Å²) < 4.78 is 18.7. The van der Waals surface area contributed by atoms with Gasteiger partial charge in [0.25, 0.3) is 0 Å². The van der Waals surface area contributed by atoms with E-state index in [2.05, 4.69) is 26.0 Å². The van der Waals surface area contributed by atoms with Crippen LogP contribution in [0.15, 0.2) is 42.5 Å². The van der Waals surface area contributed by atoms with E-state index in [4.69, 9.17) is 25.8 Å². The molecular weight excluding hydrogens is 416 g/mol. The minimum atomic E-state index is -0.874. The SMILES string of the molecule is CC(C)c1ccc2c(c1)[C@H]1O[C@@H](COc3ccc(Cl)cc3)[C@H](C(=O)O)C[C@@H]1C(C)(C)O2. The lowest BCUT2D eigenvalue weighted by Gasteiger charge is -2.50. The van der Waals surface area contributed by atoms with E-state index in [1.54, 1.807) is 24.3 Å². The first kappa shape index (κ1) is 22.0. The van der Waals surface area contributed by atoms with Crippen molar-refractivity contribution in [2.45, 2.75) is 57.8 Å². The molecule has 0 bridgehead atoms. The van der Waals surface area contributed by atoms with Gasteiger partial charge in [-0.2, -0.15) is 0 Å². The van der Waals surface area contributed by atoms with E-state index in [1.165, 1.54) is 5.56 Å². The highest BCUT2D eigenvalue weighted by Gasteiger charge is 2.52. The Balaban J connectivity index is 1.64. The maximum absolute atomic E-state index is 12.1. The first-order valence-corrected chi connectivity index (χ1v) is 11.1. The largest absolute Gasteiger partial charge is 0.491 e. The molecule has 2 aromatic rings. The molecule has 1 fully saturated rings. The molecule has 2 aliphatic rings. The summed E-state index contributed by atoms with van der Waals surface area (Å²) in [4.78, 5) is 12.1. The predicted octanol–water partition coefficient (Wildman–Crippen LogP) is 5.86. The minimum absolute atomic E-state index is 0.0738. The van der Waals surface area contributed by atoms with Crippen molar-refractivity contribution < 1.29 is 24.1 Å². The summed E-state index contributed by atoms with van der Waals surface area (Å²) in [5.41, 5.74) is 1.67. The van der Waals surface area contributed by atoms with Gasteiger partial charge < -0.3 is 19.3 Å². The number of hydrogen-bond donors (Lipinski definition) is 1. The number of aliphatic carboxylic acids is 1. The maximum atomic E-state index is 12.1. The van der Waals surface area contributed by atoms with Gasteiger partial charge in [-0.1, -0.05) is 31.5 Å². The number of hydrogen-bond acceptors (Lipinski definition) is 4. The molecule has 1 saturated heterocycles. The van der Waals surface area contributed by atoms with Crippen LogP contribution in [-0.4, -0.2) is 29.4 Å². The van der Waals surface area contributed by atoms with Crippen molar-refractivity contribution in [2.24, 2.45) is 11.8 Å². The third-order valence-electron chi connectivity index (χ3n) is 6.46. The van der Waals surface area contributed by atoms with E-state index in [9.17, 15) is 9.90 Å². The molecule has 5 nitrogen and oxygen atoms in total. The van der Waals surface area contributed by atoms with Gasteiger partial charge in [0.15, 0.2) is 0 Å². The van der Waals surface area contributed by atoms with Gasteiger partial charge in [-0.15, -0.1) is 0 Å². The van der Waals surface area contributed by atoms with Crippen LogP contribution in [0, 0.1) is 11.8 Å². The fourth-order valence-electron chi connectivity index (χ4n) is 4.59.